The molecule has 2 aromatic rings. The van der Waals surface area contributed by atoms with Crippen LogP contribution in [0.15, 0.2) is 60.7 Å². The van der Waals surface area contributed by atoms with E-state index < -0.39 is 0 Å². The molecule has 6 nitrogen and oxygen atoms in total. The van der Waals surface area contributed by atoms with Gasteiger partial charge < -0.3 is 15.5 Å². The van der Waals surface area contributed by atoms with Crippen LogP contribution in [0.5, 0.6) is 0 Å². The lowest BCUT2D eigenvalue weighted by Crippen LogP contribution is -2.48. The van der Waals surface area contributed by atoms with Crippen molar-refractivity contribution in [3.8, 4) is 0 Å². The first-order valence-electron chi connectivity index (χ1n) is 10.4. The van der Waals surface area contributed by atoms with Crippen molar-refractivity contribution in [2.24, 2.45) is 0 Å². The highest BCUT2D eigenvalue weighted by Crippen LogP contribution is 2.14. The molecule has 0 aromatic heterocycles. The lowest BCUT2D eigenvalue weighted by atomic mass is 10.1. The third kappa shape index (κ3) is 6.46. The topological polar surface area (TPSA) is 64.7 Å². The Kier molecular flexibility index (Phi) is 7.63. The molecule has 0 radical (unpaired) electrons. The van der Waals surface area contributed by atoms with Crippen molar-refractivity contribution in [1.29, 1.82) is 0 Å². The maximum absolute atomic E-state index is 12.9. The van der Waals surface area contributed by atoms with Crippen molar-refractivity contribution in [3.05, 3.63) is 71.8 Å². The number of urea groups is 1. The van der Waals surface area contributed by atoms with Crippen LogP contribution in [0.2, 0.25) is 0 Å². The SMILES string of the molecule is CC(C)NC(=O)Nc1cccc(C(=O)N2CCN(C/C=C/c3ccccc3)CC2)c1. The van der Waals surface area contributed by atoms with Crippen molar-refractivity contribution < 1.29 is 9.59 Å². The van der Waals surface area contributed by atoms with E-state index >= 15 is 0 Å². The van der Waals surface area contributed by atoms with Crippen LogP contribution >= 0.6 is 0 Å². The summed E-state index contributed by atoms with van der Waals surface area (Å²) in [5.74, 6) is 0.00222. The molecule has 3 amide bonds. The van der Waals surface area contributed by atoms with E-state index in [0.717, 1.165) is 19.6 Å². The number of carbonyl (C=O) groups excluding carboxylic acids is 2. The molecular formula is C24H30N4O2. The van der Waals surface area contributed by atoms with Crippen molar-refractivity contribution in [2.75, 3.05) is 38.0 Å². The fourth-order valence-electron chi connectivity index (χ4n) is 3.38. The number of piperazine rings is 1. The first-order valence-corrected chi connectivity index (χ1v) is 10.4. The maximum atomic E-state index is 12.9. The summed E-state index contributed by atoms with van der Waals surface area (Å²) in [6.07, 6.45) is 4.30. The molecule has 0 saturated carbocycles. The molecule has 30 heavy (non-hydrogen) atoms. The first-order chi connectivity index (χ1) is 14.5. The number of nitrogens with one attached hydrogen (secondary N) is 2. The summed E-state index contributed by atoms with van der Waals surface area (Å²) in [4.78, 5) is 29.0. The molecule has 0 atom stereocenters. The van der Waals surface area contributed by atoms with E-state index in [4.69, 9.17) is 0 Å². The van der Waals surface area contributed by atoms with Gasteiger partial charge in [0.25, 0.3) is 5.91 Å². The van der Waals surface area contributed by atoms with Gasteiger partial charge in [-0.25, -0.2) is 4.79 Å². The van der Waals surface area contributed by atoms with Crippen LogP contribution in [-0.2, 0) is 0 Å². The van der Waals surface area contributed by atoms with E-state index in [1.165, 1.54) is 5.56 Å². The van der Waals surface area contributed by atoms with Gasteiger partial charge in [0, 0.05) is 50.0 Å². The number of nitrogens with zero attached hydrogens (tertiary/aromatic N) is 2. The predicted molar refractivity (Wildman–Crippen MR) is 122 cm³/mol. The van der Waals surface area contributed by atoms with Crippen molar-refractivity contribution >= 4 is 23.7 Å². The van der Waals surface area contributed by atoms with Crippen LogP contribution < -0.4 is 10.6 Å². The fourth-order valence-corrected chi connectivity index (χ4v) is 3.38. The summed E-state index contributed by atoms with van der Waals surface area (Å²) in [5.41, 5.74) is 2.40. The van der Waals surface area contributed by atoms with Gasteiger partial charge in [-0.05, 0) is 37.6 Å². The summed E-state index contributed by atoms with van der Waals surface area (Å²) in [5, 5.41) is 5.56. The average Bonchev–Trinajstić information content (AvgIpc) is 2.74. The fraction of sp³-hybridized carbons (Fsp3) is 0.333. The molecule has 1 saturated heterocycles. The summed E-state index contributed by atoms with van der Waals surface area (Å²) in [6.45, 7) is 7.76. The molecular weight excluding hydrogens is 376 g/mol. The Morgan fingerprint density at radius 2 is 1.73 bits per heavy atom. The highest BCUT2D eigenvalue weighted by atomic mass is 16.2. The molecule has 0 aliphatic carbocycles. The molecule has 3 rings (SSSR count). The minimum Gasteiger partial charge on any atom is -0.336 e. The molecule has 1 fully saturated rings. The standard InChI is InChI=1S/C24H30N4O2/c1-19(2)25-24(30)26-22-12-6-11-21(18-22)23(29)28-16-14-27(15-17-28)13-7-10-20-8-4-3-5-9-20/h3-12,18-19H,13-17H2,1-2H3,(H2,25,26,30)/b10-7+. The lowest BCUT2D eigenvalue weighted by molar-refractivity contribution is 0.0650. The Bertz CT molecular complexity index is 872. The summed E-state index contributed by atoms with van der Waals surface area (Å²) in [7, 11) is 0. The van der Waals surface area contributed by atoms with Crippen LogP contribution in [0.25, 0.3) is 6.08 Å². The Labute approximate surface area is 178 Å². The zero-order valence-corrected chi connectivity index (χ0v) is 17.7. The number of rotatable bonds is 6. The minimum atomic E-state index is -0.272. The highest BCUT2D eigenvalue weighted by molar-refractivity contribution is 5.97. The van der Waals surface area contributed by atoms with Gasteiger partial charge in [-0.2, -0.15) is 0 Å². The zero-order valence-electron chi connectivity index (χ0n) is 17.7. The number of amides is 3. The average molecular weight is 407 g/mol. The smallest absolute Gasteiger partial charge is 0.319 e. The zero-order chi connectivity index (χ0) is 21.3. The van der Waals surface area contributed by atoms with E-state index in [1.807, 2.05) is 36.9 Å². The number of carbonyl (C=O) groups is 2. The Balaban J connectivity index is 1.49. The molecule has 2 N–H and O–H groups in total. The molecule has 0 bridgehead atoms. The molecule has 0 spiro atoms. The molecule has 1 heterocycles. The van der Waals surface area contributed by atoms with E-state index in [9.17, 15) is 9.59 Å². The molecule has 1 aliphatic heterocycles. The van der Waals surface area contributed by atoms with Crippen molar-refractivity contribution in [2.45, 2.75) is 19.9 Å². The van der Waals surface area contributed by atoms with Crippen molar-refractivity contribution in [1.82, 2.24) is 15.1 Å². The Hall–Kier alpha value is -3.12. The molecule has 2 aromatic carbocycles. The lowest BCUT2D eigenvalue weighted by Gasteiger charge is -2.34. The van der Waals surface area contributed by atoms with E-state index in [1.54, 1.807) is 24.3 Å². The molecule has 6 heteroatoms. The summed E-state index contributed by atoms with van der Waals surface area (Å²) < 4.78 is 0. The predicted octanol–water partition coefficient (Wildman–Crippen LogP) is 3.69. The second-order valence-electron chi connectivity index (χ2n) is 7.74. The van der Waals surface area contributed by atoms with Crippen LogP contribution in [-0.4, -0.2) is 60.5 Å². The first kappa shape index (κ1) is 21.6. The third-order valence-electron chi connectivity index (χ3n) is 4.92. The summed E-state index contributed by atoms with van der Waals surface area (Å²) in [6, 6.07) is 17.1. The van der Waals surface area contributed by atoms with Gasteiger partial charge in [0.1, 0.15) is 0 Å². The van der Waals surface area contributed by atoms with Gasteiger partial charge in [0.15, 0.2) is 0 Å². The van der Waals surface area contributed by atoms with Crippen LogP contribution in [0.4, 0.5) is 10.5 Å². The quantitative estimate of drug-likeness (QED) is 0.769. The second kappa shape index (κ2) is 10.6. The largest absolute Gasteiger partial charge is 0.336 e. The number of hydrogen-bond donors (Lipinski definition) is 2. The molecule has 0 unspecified atom stereocenters. The van der Waals surface area contributed by atoms with Gasteiger partial charge in [-0.1, -0.05) is 48.6 Å². The number of hydrogen-bond acceptors (Lipinski definition) is 3. The van der Waals surface area contributed by atoms with Crippen LogP contribution in [0.1, 0.15) is 29.8 Å². The van der Waals surface area contributed by atoms with Crippen LogP contribution in [0.3, 0.4) is 0 Å². The van der Waals surface area contributed by atoms with Gasteiger partial charge in [0.05, 0.1) is 0 Å². The Morgan fingerprint density at radius 1 is 1.00 bits per heavy atom. The Morgan fingerprint density at radius 3 is 2.43 bits per heavy atom. The van der Waals surface area contributed by atoms with E-state index in [-0.39, 0.29) is 18.0 Å². The van der Waals surface area contributed by atoms with Crippen molar-refractivity contribution in [3.63, 3.8) is 0 Å². The molecule has 1 aliphatic rings. The third-order valence-corrected chi connectivity index (χ3v) is 4.92. The van der Waals surface area contributed by atoms with Gasteiger partial charge >= 0.3 is 6.03 Å². The van der Waals surface area contributed by atoms with Gasteiger partial charge in [0.2, 0.25) is 0 Å². The number of benzene rings is 2. The number of anilines is 1. The van der Waals surface area contributed by atoms with E-state index in [0.29, 0.717) is 24.3 Å². The maximum Gasteiger partial charge on any atom is 0.319 e. The van der Waals surface area contributed by atoms with Gasteiger partial charge in [-0.3, -0.25) is 9.69 Å². The minimum absolute atomic E-state index is 0.00222. The van der Waals surface area contributed by atoms with E-state index in [2.05, 4.69) is 39.8 Å². The normalized spacial score (nSPS) is 14.8. The van der Waals surface area contributed by atoms with Gasteiger partial charge in [-0.15, -0.1) is 0 Å². The molecule has 158 valence electrons. The van der Waals surface area contributed by atoms with Crippen LogP contribution in [0, 0.1) is 0 Å². The summed E-state index contributed by atoms with van der Waals surface area (Å²) >= 11 is 0. The monoisotopic (exact) mass is 406 g/mol. The highest BCUT2D eigenvalue weighted by Gasteiger charge is 2.21. The second-order valence-corrected chi connectivity index (χ2v) is 7.74.